The highest BCUT2D eigenvalue weighted by atomic mass is 32.3. The lowest BCUT2D eigenvalue weighted by Gasteiger charge is -2.05. The van der Waals surface area contributed by atoms with Gasteiger partial charge in [0.1, 0.15) is 11.9 Å². The molecular formula is C8H12O7S. The number of rotatable bonds is 2. The van der Waals surface area contributed by atoms with Crippen molar-refractivity contribution >= 4 is 10.4 Å². The van der Waals surface area contributed by atoms with Gasteiger partial charge in [-0.25, -0.2) is 0 Å². The summed E-state index contributed by atoms with van der Waals surface area (Å²) in [6.07, 6.45) is -0.851. The van der Waals surface area contributed by atoms with Crippen LogP contribution in [0.25, 0.3) is 0 Å². The van der Waals surface area contributed by atoms with Crippen LogP contribution in [-0.2, 0) is 10.4 Å². The van der Waals surface area contributed by atoms with Crippen LogP contribution >= 0.6 is 0 Å². The number of phenolic OH excluding ortho intramolecular Hbond substituents is 1. The predicted octanol–water partition coefficient (Wildman–Crippen LogP) is -0.235. The van der Waals surface area contributed by atoms with E-state index in [9.17, 15) is 0 Å². The molecule has 16 heavy (non-hydrogen) atoms. The zero-order valence-corrected chi connectivity index (χ0v) is 8.87. The number of aliphatic hydroxyl groups is 2. The fourth-order valence-corrected chi connectivity index (χ4v) is 0.802. The smallest absolute Gasteiger partial charge is 0.394 e. The summed E-state index contributed by atoms with van der Waals surface area (Å²) in [5, 5.41) is 26.5. The zero-order chi connectivity index (χ0) is 12.8. The maximum absolute atomic E-state index is 9.09. The summed E-state index contributed by atoms with van der Waals surface area (Å²) in [4.78, 5) is 0. The van der Waals surface area contributed by atoms with Crippen molar-refractivity contribution in [3.05, 3.63) is 29.8 Å². The second-order valence-corrected chi connectivity index (χ2v) is 3.63. The monoisotopic (exact) mass is 252 g/mol. The minimum absolute atomic E-state index is 0.152. The lowest BCUT2D eigenvalue weighted by molar-refractivity contribution is 0.0956. The molecule has 1 rings (SSSR count). The van der Waals surface area contributed by atoms with Crippen LogP contribution in [-0.4, -0.2) is 39.4 Å². The Bertz CT molecular complexity index is 389. The first-order valence-electron chi connectivity index (χ1n) is 4.01. The van der Waals surface area contributed by atoms with Crippen molar-refractivity contribution in [1.82, 2.24) is 0 Å². The van der Waals surface area contributed by atoms with Crippen LogP contribution in [0.15, 0.2) is 24.3 Å². The van der Waals surface area contributed by atoms with E-state index in [1.807, 2.05) is 0 Å². The minimum atomic E-state index is -4.67. The van der Waals surface area contributed by atoms with Gasteiger partial charge in [0, 0.05) is 0 Å². The Morgan fingerprint density at radius 3 is 1.81 bits per heavy atom. The van der Waals surface area contributed by atoms with Crippen LogP contribution in [0.5, 0.6) is 5.75 Å². The Hall–Kier alpha value is -1.19. The van der Waals surface area contributed by atoms with Crippen LogP contribution in [0.4, 0.5) is 0 Å². The first kappa shape index (κ1) is 14.8. The summed E-state index contributed by atoms with van der Waals surface area (Å²) in [5.74, 6) is 0.152. The minimum Gasteiger partial charge on any atom is -0.508 e. The molecule has 92 valence electrons. The third-order valence-corrected chi connectivity index (χ3v) is 1.45. The van der Waals surface area contributed by atoms with E-state index in [0.29, 0.717) is 5.56 Å². The molecule has 0 amide bonds. The highest BCUT2D eigenvalue weighted by molar-refractivity contribution is 7.79. The number of hydrogen-bond donors (Lipinski definition) is 5. The van der Waals surface area contributed by atoms with Crippen LogP contribution in [0.3, 0.4) is 0 Å². The summed E-state index contributed by atoms with van der Waals surface area (Å²) in [7, 11) is -4.67. The molecule has 0 aromatic heterocycles. The Morgan fingerprint density at radius 2 is 1.50 bits per heavy atom. The molecule has 0 heterocycles. The average Bonchev–Trinajstić information content (AvgIpc) is 2.15. The fourth-order valence-electron chi connectivity index (χ4n) is 0.802. The van der Waals surface area contributed by atoms with Crippen LogP contribution in [0.1, 0.15) is 11.7 Å². The van der Waals surface area contributed by atoms with Gasteiger partial charge in [0.15, 0.2) is 0 Å². The van der Waals surface area contributed by atoms with Crippen LogP contribution in [0.2, 0.25) is 0 Å². The normalized spacial score (nSPS) is 12.5. The molecule has 1 aromatic rings. The van der Waals surface area contributed by atoms with Gasteiger partial charge in [-0.1, -0.05) is 12.1 Å². The van der Waals surface area contributed by atoms with E-state index in [-0.39, 0.29) is 12.4 Å². The molecule has 1 atom stereocenters. The average molecular weight is 252 g/mol. The van der Waals surface area contributed by atoms with E-state index in [0.717, 1.165) is 0 Å². The predicted molar refractivity (Wildman–Crippen MR) is 54.3 cm³/mol. The fraction of sp³-hybridized carbons (Fsp3) is 0.250. The van der Waals surface area contributed by atoms with E-state index in [1.165, 1.54) is 12.1 Å². The lowest BCUT2D eigenvalue weighted by atomic mass is 10.1. The zero-order valence-electron chi connectivity index (χ0n) is 8.05. The molecule has 0 saturated heterocycles. The SMILES string of the molecule is O=S(=O)(O)O.OCC(O)c1ccc(O)cc1. The molecule has 0 aliphatic heterocycles. The van der Waals surface area contributed by atoms with Gasteiger partial charge in [0.25, 0.3) is 0 Å². The Balaban J connectivity index is 0.000000385. The molecule has 1 unspecified atom stereocenters. The third-order valence-electron chi connectivity index (χ3n) is 1.45. The quantitative estimate of drug-likeness (QED) is 0.458. The molecule has 0 aliphatic carbocycles. The van der Waals surface area contributed by atoms with Crippen molar-refractivity contribution in [3.63, 3.8) is 0 Å². The first-order valence-corrected chi connectivity index (χ1v) is 5.41. The number of benzene rings is 1. The van der Waals surface area contributed by atoms with E-state index < -0.39 is 16.5 Å². The van der Waals surface area contributed by atoms with Gasteiger partial charge in [-0.05, 0) is 17.7 Å². The highest BCUT2D eigenvalue weighted by Crippen LogP contribution is 2.15. The van der Waals surface area contributed by atoms with Gasteiger partial charge in [-0.3, -0.25) is 9.11 Å². The van der Waals surface area contributed by atoms with Crippen LogP contribution < -0.4 is 0 Å². The first-order chi connectivity index (χ1) is 7.24. The molecule has 7 nitrogen and oxygen atoms in total. The number of phenols is 1. The Morgan fingerprint density at radius 1 is 1.12 bits per heavy atom. The van der Waals surface area contributed by atoms with Crippen molar-refractivity contribution in [1.29, 1.82) is 0 Å². The topological polar surface area (TPSA) is 135 Å². The van der Waals surface area contributed by atoms with Gasteiger partial charge in [-0.15, -0.1) is 0 Å². The van der Waals surface area contributed by atoms with Crippen molar-refractivity contribution in [2.45, 2.75) is 6.10 Å². The maximum atomic E-state index is 9.09. The summed E-state index contributed by atoms with van der Waals surface area (Å²) < 4.78 is 31.6. The van der Waals surface area contributed by atoms with Gasteiger partial charge in [0.05, 0.1) is 6.61 Å². The van der Waals surface area contributed by atoms with Crippen molar-refractivity contribution in [2.75, 3.05) is 6.61 Å². The Labute approximate surface area is 92.2 Å². The van der Waals surface area contributed by atoms with E-state index in [1.54, 1.807) is 12.1 Å². The van der Waals surface area contributed by atoms with Gasteiger partial charge >= 0.3 is 10.4 Å². The summed E-state index contributed by atoms with van der Waals surface area (Å²) in [5.41, 5.74) is 0.602. The van der Waals surface area contributed by atoms with Crippen LogP contribution in [0, 0.1) is 0 Å². The second kappa shape index (κ2) is 6.40. The number of hydrogen-bond acceptors (Lipinski definition) is 5. The molecule has 8 heteroatoms. The molecule has 0 bridgehead atoms. The molecule has 5 N–H and O–H groups in total. The molecule has 0 radical (unpaired) electrons. The van der Waals surface area contributed by atoms with E-state index in [4.69, 9.17) is 32.8 Å². The number of aromatic hydroxyl groups is 1. The standard InChI is InChI=1S/C8H10O3.H2O4S/c9-5-8(11)6-1-3-7(10)4-2-6;1-5(2,3)4/h1-4,8-11H,5H2;(H2,1,2,3,4). The summed E-state index contributed by atoms with van der Waals surface area (Å²) in [6.45, 7) is -0.301. The Kier molecular flexibility index (Phi) is 5.93. The molecular weight excluding hydrogens is 240 g/mol. The van der Waals surface area contributed by atoms with Gasteiger partial charge in [-0.2, -0.15) is 8.42 Å². The molecule has 0 saturated carbocycles. The second-order valence-electron chi connectivity index (χ2n) is 2.74. The largest absolute Gasteiger partial charge is 0.508 e. The highest BCUT2D eigenvalue weighted by Gasteiger charge is 2.03. The van der Waals surface area contributed by atoms with Crippen molar-refractivity contribution in [3.8, 4) is 5.75 Å². The summed E-state index contributed by atoms with van der Waals surface area (Å²) in [6, 6.07) is 6.06. The summed E-state index contributed by atoms with van der Waals surface area (Å²) >= 11 is 0. The maximum Gasteiger partial charge on any atom is 0.394 e. The van der Waals surface area contributed by atoms with E-state index >= 15 is 0 Å². The number of aliphatic hydroxyl groups excluding tert-OH is 2. The molecule has 0 aliphatic rings. The van der Waals surface area contributed by atoms with Crippen molar-refractivity contribution in [2.24, 2.45) is 0 Å². The van der Waals surface area contributed by atoms with Crippen molar-refractivity contribution < 1.29 is 32.8 Å². The van der Waals surface area contributed by atoms with Gasteiger partial charge in [0.2, 0.25) is 0 Å². The van der Waals surface area contributed by atoms with E-state index in [2.05, 4.69) is 0 Å². The molecule has 0 spiro atoms. The van der Waals surface area contributed by atoms with Gasteiger partial charge < -0.3 is 15.3 Å². The molecule has 0 fully saturated rings. The lowest BCUT2D eigenvalue weighted by Crippen LogP contribution is -2.01. The molecule has 1 aromatic carbocycles. The third kappa shape index (κ3) is 8.15.